The van der Waals surface area contributed by atoms with Crippen LogP contribution in [0.15, 0.2) is 48.5 Å². The summed E-state index contributed by atoms with van der Waals surface area (Å²) >= 11 is 0. The molecule has 24 heavy (non-hydrogen) atoms. The van der Waals surface area contributed by atoms with Crippen LogP contribution in [0.3, 0.4) is 0 Å². The topological polar surface area (TPSA) is 49.6 Å². The molecule has 0 heterocycles. The summed E-state index contributed by atoms with van der Waals surface area (Å²) in [5.41, 5.74) is 9.97. The lowest BCUT2D eigenvalue weighted by molar-refractivity contribution is -0.133. The Labute approximate surface area is 144 Å². The van der Waals surface area contributed by atoms with E-state index in [1.807, 2.05) is 62.3 Å². The number of nitrogen functional groups attached to an aromatic ring is 1. The van der Waals surface area contributed by atoms with E-state index in [4.69, 9.17) is 5.73 Å². The monoisotopic (exact) mass is 325 g/mol. The maximum Gasteiger partial charge on any atom is 0.223 e. The molecule has 128 valence electrons. The zero-order valence-electron chi connectivity index (χ0n) is 15.0. The number of hydrogen-bond donors (Lipinski definition) is 1. The highest BCUT2D eigenvalue weighted by Gasteiger charge is 2.22. The Balaban J connectivity index is 2.37. The maximum atomic E-state index is 12.6. The van der Waals surface area contributed by atoms with E-state index in [0.29, 0.717) is 18.7 Å². The van der Waals surface area contributed by atoms with Crippen LogP contribution in [0.25, 0.3) is 0 Å². The molecule has 0 saturated carbocycles. The first-order chi connectivity index (χ1) is 11.4. The van der Waals surface area contributed by atoms with E-state index in [1.54, 1.807) is 0 Å². The minimum atomic E-state index is 0.00935. The third-order valence-corrected chi connectivity index (χ3v) is 4.30. The van der Waals surface area contributed by atoms with Gasteiger partial charge in [-0.2, -0.15) is 0 Å². The summed E-state index contributed by atoms with van der Waals surface area (Å²) in [6.45, 7) is 4.52. The average Bonchev–Trinajstić information content (AvgIpc) is 2.59. The van der Waals surface area contributed by atoms with E-state index in [2.05, 4.69) is 24.0 Å². The number of hydrogen-bond acceptors (Lipinski definition) is 3. The van der Waals surface area contributed by atoms with Crippen molar-refractivity contribution >= 4 is 17.3 Å². The Morgan fingerprint density at radius 1 is 1.12 bits per heavy atom. The molecule has 0 radical (unpaired) electrons. The first-order valence-electron chi connectivity index (χ1n) is 8.34. The fourth-order valence-electron chi connectivity index (χ4n) is 2.91. The van der Waals surface area contributed by atoms with Crippen molar-refractivity contribution in [2.24, 2.45) is 0 Å². The number of nitrogens with two attached hydrogens (primary N) is 1. The Bertz CT molecular complexity index is 683. The first-order valence-corrected chi connectivity index (χ1v) is 8.34. The van der Waals surface area contributed by atoms with E-state index in [1.165, 1.54) is 0 Å². The number of nitrogens with zero attached hydrogens (tertiary/aromatic N) is 2. The molecule has 0 saturated heterocycles. The summed E-state index contributed by atoms with van der Waals surface area (Å²) in [5, 5.41) is 0. The summed E-state index contributed by atoms with van der Waals surface area (Å²) < 4.78 is 0. The van der Waals surface area contributed by atoms with Gasteiger partial charge in [0.2, 0.25) is 5.91 Å². The Morgan fingerprint density at radius 3 is 2.38 bits per heavy atom. The third-order valence-electron chi connectivity index (χ3n) is 4.30. The van der Waals surface area contributed by atoms with Gasteiger partial charge in [0.1, 0.15) is 0 Å². The number of carbonyl (C=O) groups excluding carboxylic acids is 1. The molecule has 0 unspecified atom stereocenters. The molecule has 2 aromatic rings. The molecule has 0 aliphatic heterocycles. The molecule has 1 atom stereocenters. The molecular weight excluding hydrogens is 298 g/mol. The lowest BCUT2D eigenvalue weighted by Gasteiger charge is -2.31. The van der Waals surface area contributed by atoms with E-state index in [9.17, 15) is 4.79 Å². The molecular formula is C20H27N3O. The number of anilines is 2. The second-order valence-corrected chi connectivity index (χ2v) is 6.24. The van der Waals surface area contributed by atoms with Gasteiger partial charge in [-0.25, -0.2) is 0 Å². The van der Waals surface area contributed by atoms with Gasteiger partial charge in [-0.05, 0) is 36.2 Å². The molecule has 0 fully saturated rings. The van der Waals surface area contributed by atoms with Crippen LogP contribution in [0.5, 0.6) is 0 Å². The highest BCUT2D eigenvalue weighted by atomic mass is 16.2. The van der Waals surface area contributed by atoms with Crippen LogP contribution in [-0.4, -0.2) is 24.9 Å². The standard InChI is InChI=1S/C20H27N3O/c1-5-20(24)23(15(2)16-9-7-6-8-10-16)14-17-13-18(21)11-12-19(17)22(3)4/h6-13,15H,5,14,21H2,1-4H3/t15-/m0/s1. The molecule has 4 heteroatoms. The van der Waals surface area contributed by atoms with Gasteiger partial charge in [-0.1, -0.05) is 37.3 Å². The van der Waals surface area contributed by atoms with Crippen molar-refractivity contribution in [3.63, 3.8) is 0 Å². The molecule has 2 rings (SSSR count). The van der Waals surface area contributed by atoms with Crippen LogP contribution in [0.4, 0.5) is 11.4 Å². The SMILES string of the molecule is CCC(=O)N(Cc1cc(N)ccc1N(C)C)[C@@H](C)c1ccccc1. The Morgan fingerprint density at radius 2 is 1.79 bits per heavy atom. The van der Waals surface area contributed by atoms with Crippen LogP contribution in [0, 0.1) is 0 Å². The van der Waals surface area contributed by atoms with Crippen LogP contribution in [0.1, 0.15) is 37.4 Å². The van der Waals surface area contributed by atoms with E-state index in [-0.39, 0.29) is 11.9 Å². The fourth-order valence-corrected chi connectivity index (χ4v) is 2.91. The van der Waals surface area contributed by atoms with Crippen molar-refractivity contribution in [3.8, 4) is 0 Å². The van der Waals surface area contributed by atoms with Crippen molar-refractivity contribution in [1.29, 1.82) is 0 Å². The quantitative estimate of drug-likeness (QED) is 0.821. The van der Waals surface area contributed by atoms with E-state index in [0.717, 1.165) is 16.8 Å². The van der Waals surface area contributed by atoms with E-state index >= 15 is 0 Å². The fraction of sp³-hybridized carbons (Fsp3) is 0.350. The zero-order chi connectivity index (χ0) is 17.7. The van der Waals surface area contributed by atoms with Gasteiger partial charge in [-0.3, -0.25) is 4.79 Å². The summed E-state index contributed by atoms with van der Waals surface area (Å²) in [5.74, 6) is 0.137. The summed E-state index contributed by atoms with van der Waals surface area (Å²) in [7, 11) is 4.00. The normalized spacial score (nSPS) is 11.8. The number of carbonyl (C=O) groups is 1. The molecule has 0 bridgehead atoms. The Hall–Kier alpha value is -2.49. The number of amides is 1. The van der Waals surface area contributed by atoms with Crippen molar-refractivity contribution in [1.82, 2.24) is 4.90 Å². The largest absolute Gasteiger partial charge is 0.399 e. The van der Waals surface area contributed by atoms with Crippen LogP contribution >= 0.6 is 0 Å². The molecule has 0 aliphatic carbocycles. The van der Waals surface area contributed by atoms with Gasteiger partial charge in [0, 0.05) is 38.4 Å². The van der Waals surface area contributed by atoms with E-state index < -0.39 is 0 Å². The molecule has 1 amide bonds. The predicted octanol–water partition coefficient (Wildman–Crippen LogP) is 3.83. The second-order valence-electron chi connectivity index (χ2n) is 6.24. The minimum absolute atomic E-state index is 0.00935. The molecule has 2 N–H and O–H groups in total. The van der Waals surface area contributed by atoms with Gasteiger partial charge >= 0.3 is 0 Å². The molecule has 4 nitrogen and oxygen atoms in total. The smallest absolute Gasteiger partial charge is 0.223 e. The number of rotatable bonds is 6. The van der Waals surface area contributed by atoms with Gasteiger partial charge in [-0.15, -0.1) is 0 Å². The average molecular weight is 325 g/mol. The highest BCUT2D eigenvalue weighted by molar-refractivity contribution is 5.76. The molecule has 2 aromatic carbocycles. The van der Waals surface area contributed by atoms with Gasteiger partial charge in [0.15, 0.2) is 0 Å². The van der Waals surface area contributed by atoms with Crippen molar-refractivity contribution in [2.45, 2.75) is 32.9 Å². The highest BCUT2D eigenvalue weighted by Crippen LogP contribution is 2.28. The Kier molecular flexibility index (Phi) is 5.85. The third kappa shape index (κ3) is 4.07. The lowest BCUT2D eigenvalue weighted by atomic mass is 10.0. The van der Waals surface area contributed by atoms with Crippen molar-refractivity contribution < 1.29 is 4.79 Å². The first kappa shape index (κ1) is 17.9. The van der Waals surface area contributed by atoms with Gasteiger partial charge in [0.05, 0.1) is 6.04 Å². The predicted molar refractivity (Wildman–Crippen MR) is 101 cm³/mol. The van der Waals surface area contributed by atoms with Gasteiger partial charge < -0.3 is 15.5 Å². The van der Waals surface area contributed by atoms with Crippen LogP contribution in [0.2, 0.25) is 0 Å². The number of benzene rings is 2. The molecule has 0 aromatic heterocycles. The summed E-state index contributed by atoms with van der Waals surface area (Å²) in [4.78, 5) is 16.6. The second kappa shape index (κ2) is 7.86. The van der Waals surface area contributed by atoms with Gasteiger partial charge in [0.25, 0.3) is 0 Å². The minimum Gasteiger partial charge on any atom is -0.399 e. The lowest BCUT2D eigenvalue weighted by Crippen LogP contribution is -2.33. The van der Waals surface area contributed by atoms with Crippen molar-refractivity contribution in [3.05, 3.63) is 59.7 Å². The summed E-state index contributed by atoms with van der Waals surface area (Å²) in [6.07, 6.45) is 0.483. The summed E-state index contributed by atoms with van der Waals surface area (Å²) in [6, 6.07) is 16.0. The zero-order valence-corrected chi connectivity index (χ0v) is 15.0. The van der Waals surface area contributed by atoms with Crippen molar-refractivity contribution in [2.75, 3.05) is 24.7 Å². The maximum absolute atomic E-state index is 12.6. The molecule has 0 spiro atoms. The van der Waals surface area contributed by atoms with Crippen LogP contribution < -0.4 is 10.6 Å². The van der Waals surface area contributed by atoms with Crippen LogP contribution in [-0.2, 0) is 11.3 Å². The molecule has 0 aliphatic rings.